The van der Waals surface area contributed by atoms with Crippen LogP contribution in [-0.4, -0.2) is 36.6 Å². The molecule has 0 aromatic rings. The number of carbonyl (C=O) groups is 1. The van der Waals surface area contributed by atoms with E-state index in [0.717, 1.165) is 19.0 Å². The van der Waals surface area contributed by atoms with Crippen molar-refractivity contribution in [2.45, 2.75) is 59.9 Å². The fourth-order valence-corrected chi connectivity index (χ4v) is 2.09. The van der Waals surface area contributed by atoms with Crippen molar-refractivity contribution >= 4 is 5.97 Å². The minimum absolute atomic E-state index is 0.0806. The minimum atomic E-state index is -0.0806. The lowest BCUT2D eigenvalue weighted by Crippen LogP contribution is -2.38. The highest BCUT2D eigenvalue weighted by Crippen LogP contribution is 2.13. The van der Waals surface area contributed by atoms with E-state index in [9.17, 15) is 4.79 Å². The van der Waals surface area contributed by atoms with E-state index in [2.05, 4.69) is 32.6 Å². The maximum absolute atomic E-state index is 11.4. The van der Waals surface area contributed by atoms with Crippen LogP contribution in [0.4, 0.5) is 0 Å². The van der Waals surface area contributed by atoms with E-state index in [4.69, 9.17) is 4.74 Å². The first-order chi connectivity index (χ1) is 8.08. The van der Waals surface area contributed by atoms with Gasteiger partial charge in [0.2, 0.25) is 0 Å². The van der Waals surface area contributed by atoms with Crippen LogP contribution in [0.1, 0.15) is 53.9 Å². The maximum atomic E-state index is 11.4. The smallest absolute Gasteiger partial charge is 0.307 e. The lowest BCUT2D eigenvalue weighted by Gasteiger charge is -2.30. The second-order valence-corrected chi connectivity index (χ2v) is 4.63. The number of ether oxygens (including phenoxy) is 1. The zero-order valence-corrected chi connectivity index (χ0v) is 12.2. The quantitative estimate of drug-likeness (QED) is 0.583. The number of carbonyl (C=O) groups excluding carboxylic acids is 1. The Bertz CT molecular complexity index is 202. The fourth-order valence-electron chi connectivity index (χ4n) is 2.09. The van der Waals surface area contributed by atoms with Gasteiger partial charge < -0.3 is 9.64 Å². The molecule has 0 radical (unpaired) electrons. The van der Waals surface area contributed by atoms with Gasteiger partial charge >= 0.3 is 5.97 Å². The summed E-state index contributed by atoms with van der Waals surface area (Å²) in [6, 6.07) is 0.277. The minimum Gasteiger partial charge on any atom is -0.466 e. The summed E-state index contributed by atoms with van der Waals surface area (Å²) in [4.78, 5) is 13.8. The third-order valence-electron chi connectivity index (χ3n) is 3.44. The Morgan fingerprint density at radius 2 is 1.76 bits per heavy atom. The summed E-state index contributed by atoms with van der Waals surface area (Å²) in [5.74, 6) is 0.655. The largest absolute Gasteiger partial charge is 0.466 e. The van der Waals surface area contributed by atoms with Gasteiger partial charge in [0.05, 0.1) is 13.0 Å². The summed E-state index contributed by atoms with van der Waals surface area (Å²) < 4.78 is 5.00. The normalized spacial score (nSPS) is 13.1. The van der Waals surface area contributed by atoms with Crippen molar-refractivity contribution in [1.29, 1.82) is 0 Å². The molecule has 0 aliphatic heterocycles. The summed E-state index contributed by atoms with van der Waals surface area (Å²) in [7, 11) is 0. The van der Waals surface area contributed by atoms with Crippen LogP contribution in [-0.2, 0) is 9.53 Å². The topological polar surface area (TPSA) is 29.5 Å². The molecule has 0 rings (SSSR count). The molecule has 3 heteroatoms. The molecule has 0 saturated heterocycles. The van der Waals surface area contributed by atoms with Gasteiger partial charge in [0.1, 0.15) is 0 Å². The summed E-state index contributed by atoms with van der Waals surface area (Å²) in [6.07, 6.45) is 2.92. The van der Waals surface area contributed by atoms with Crippen molar-refractivity contribution in [2.24, 2.45) is 5.92 Å². The van der Waals surface area contributed by atoms with E-state index in [-0.39, 0.29) is 12.0 Å². The van der Waals surface area contributed by atoms with Gasteiger partial charge in [-0.2, -0.15) is 0 Å². The molecule has 0 fully saturated rings. The zero-order chi connectivity index (χ0) is 13.3. The molecule has 0 spiro atoms. The van der Waals surface area contributed by atoms with Crippen LogP contribution in [0, 0.1) is 5.92 Å². The predicted molar refractivity (Wildman–Crippen MR) is 72.0 cm³/mol. The third kappa shape index (κ3) is 6.67. The first-order valence-corrected chi connectivity index (χ1v) is 6.98. The molecule has 0 N–H and O–H groups in total. The van der Waals surface area contributed by atoms with Gasteiger partial charge in [0.15, 0.2) is 0 Å². The molecule has 0 aromatic carbocycles. The van der Waals surface area contributed by atoms with Gasteiger partial charge in [0.25, 0.3) is 0 Å². The number of nitrogens with zero attached hydrogens (tertiary/aromatic N) is 1. The Balaban J connectivity index is 4.19. The van der Waals surface area contributed by atoms with Gasteiger partial charge in [-0.1, -0.05) is 33.6 Å². The van der Waals surface area contributed by atoms with Crippen molar-refractivity contribution in [1.82, 2.24) is 4.90 Å². The number of hydrogen-bond donors (Lipinski definition) is 0. The second-order valence-electron chi connectivity index (χ2n) is 4.63. The molecule has 102 valence electrons. The highest BCUT2D eigenvalue weighted by Gasteiger charge is 2.18. The number of rotatable bonds is 9. The first kappa shape index (κ1) is 16.4. The molecule has 1 unspecified atom stereocenters. The average Bonchev–Trinajstić information content (AvgIpc) is 2.30. The maximum Gasteiger partial charge on any atom is 0.307 e. The van der Waals surface area contributed by atoms with Gasteiger partial charge in [-0.15, -0.1) is 0 Å². The van der Waals surface area contributed by atoms with Crippen molar-refractivity contribution < 1.29 is 9.53 Å². The lowest BCUT2D eigenvalue weighted by molar-refractivity contribution is -0.144. The zero-order valence-electron chi connectivity index (χ0n) is 12.2. The molecule has 0 bridgehead atoms. The van der Waals surface area contributed by atoms with E-state index in [1.807, 2.05) is 6.92 Å². The highest BCUT2D eigenvalue weighted by atomic mass is 16.5. The van der Waals surface area contributed by atoms with E-state index in [1.165, 1.54) is 12.8 Å². The molecule has 0 amide bonds. The molecule has 0 aliphatic rings. The van der Waals surface area contributed by atoms with Gasteiger partial charge in [-0.25, -0.2) is 0 Å². The molecule has 0 saturated carbocycles. The number of hydrogen-bond acceptors (Lipinski definition) is 3. The molecular formula is C14H29NO2. The molecular weight excluding hydrogens is 214 g/mol. The summed E-state index contributed by atoms with van der Waals surface area (Å²) in [6.45, 7) is 13.2. The van der Waals surface area contributed by atoms with E-state index >= 15 is 0 Å². The van der Waals surface area contributed by atoms with E-state index in [1.54, 1.807) is 0 Å². The third-order valence-corrected chi connectivity index (χ3v) is 3.44. The van der Waals surface area contributed by atoms with Crippen molar-refractivity contribution in [3.8, 4) is 0 Å². The van der Waals surface area contributed by atoms with Crippen LogP contribution in [0.3, 0.4) is 0 Å². The van der Waals surface area contributed by atoms with Gasteiger partial charge in [-0.05, 0) is 26.3 Å². The van der Waals surface area contributed by atoms with Crippen molar-refractivity contribution in [3.05, 3.63) is 0 Å². The van der Waals surface area contributed by atoms with Crippen molar-refractivity contribution in [2.75, 3.05) is 19.7 Å². The Hall–Kier alpha value is -0.570. The summed E-state index contributed by atoms with van der Waals surface area (Å²) >= 11 is 0. The molecule has 0 aliphatic carbocycles. The van der Waals surface area contributed by atoms with E-state index < -0.39 is 0 Å². The molecule has 0 aromatic heterocycles. The van der Waals surface area contributed by atoms with Crippen LogP contribution in [0.15, 0.2) is 0 Å². The summed E-state index contributed by atoms with van der Waals surface area (Å²) in [5, 5.41) is 0. The van der Waals surface area contributed by atoms with E-state index in [0.29, 0.717) is 13.0 Å². The van der Waals surface area contributed by atoms with Crippen molar-refractivity contribution in [3.63, 3.8) is 0 Å². The SMILES string of the molecule is CCOC(=O)CC(C)N(CC)CC(CC)CC. The fraction of sp³-hybridized carbons (Fsp3) is 0.929. The molecule has 17 heavy (non-hydrogen) atoms. The van der Waals surface area contributed by atoms with Gasteiger partial charge in [0, 0.05) is 12.6 Å². The van der Waals surface area contributed by atoms with Crippen LogP contribution in [0.25, 0.3) is 0 Å². The monoisotopic (exact) mass is 243 g/mol. The standard InChI is InChI=1S/C14H29NO2/c1-6-13(7-2)11-15(8-3)12(5)10-14(16)17-9-4/h12-13H,6-11H2,1-5H3. The first-order valence-electron chi connectivity index (χ1n) is 6.98. The average molecular weight is 243 g/mol. The Kier molecular flexibility index (Phi) is 9.14. The highest BCUT2D eigenvalue weighted by molar-refractivity contribution is 5.70. The lowest BCUT2D eigenvalue weighted by atomic mass is 10.0. The molecule has 3 nitrogen and oxygen atoms in total. The number of esters is 1. The van der Waals surface area contributed by atoms with Crippen LogP contribution in [0.5, 0.6) is 0 Å². The summed E-state index contributed by atoms with van der Waals surface area (Å²) in [5.41, 5.74) is 0. The Labute approximate surface area is 107 Å². The second kappa shape index (κ2) is 9.46. The van der Waals surface area contributed by atoms with Gasteiger partial charge in [-0.3, -0.25) is 4.79 Å². The Morgan fingerprint density at radius 1 is 1.18 bits per heavy atom. The van der Waals surface area contributed by atoms with Crippen LogP contribution >= 0.6 is 0 Å². The van der Waals surface area contributed by atoms with Crippen LogP contribution < -0.4 is 0 Å². The Morgan fingerprint density at radius 3 is 2.18 bits per heavy atom. The predicted octanol–water partition coefficient (Wildman–Crippen LogP) is 3.09. The molecule has 0 heterocycles. The molecule has 1 atom stereocenters. The van der Waals surface area contributed by atoms with Crippen LogP contribution in [0.2, 0.25) is 0 Å².